The lowest BCUT2D eigenvalue weighted by molar-refractivity contribution is -0.140. The highest BCUT2D eigenvalue weighted by atomic mass is 35.5. The minimum Gasteiger partial charge on any atom is -0.287 e. The van der Waals surface area contributed by atoms with Crippen molar-refractivity contribution in [1.29, 1.82) is 0 Å². The number of thioether (sulfide) groups is 1. The number of carbonyl (C=O) groups is 2. The Balaban J connectivity index is 1.93. The standard InChI is InChI=1S/C18H20ClN3O3S/c1-11(2)9-22-17(25)13-6-5-12(19)8-14(13)20-18(22)26-10-16(24)21-7-3-4-15(21)23/h5-6,8,11H,3-4,7,9-10H2,1-2H3. The first-order chi connectivity index (χ1) is 12.4. The Morgan fingerprint density at radius 3 is 2.77 bits per heavy atom. The molecule has 0 unspecified atom stereocenters. The van der Waals surface area contributed by atoms with Gasteiger partial charge in [-0.05, 0) is 30.5 Å². The number of fused-ring (bicyclic) bond motifs is 1. The number of hydrogen-bond donors (Lipinski definition) is 0. The molecule has 3 rings (SSSR count). The first-order valence-corrected chi connectivity index (χ1v) is 9.89. The Bertz CT molecular complexity index is 926. The van der Waals surface area contributed by atoms with Crippen molar-refractivity contribution < 1.29 is 9.59 Å². The van der Waals surface area contributed by atoms with Gasteiger partial charge in [-0.3, -0.25) is 23.9 Å². The van der Waals surface area contributed by atoms with Gasteiger partial charge in [-0.15, -0.1) is 0 Å². The Morgan fingerprint density at radius 1 is 1.35 bits per heavy atom. The molecule has 0 saturated carbocycles. The summed E-state index contributed by atoms with van der Waals surface area (Å²) in [4.78, 5) is 42.7. The lowest BCUT2D eigenvalue weighted by Crippen LogP contribution is -2.33. The molecular weight excluding hydrogens is 374 g/mol. The number of nitrogens with zero attached hydrogens (tertiary/aromatic N) is 3. The second-order valence-electron chi connectivity index (χ2n) is 6.70. The zero-order chi connectivity index (χ0) is 18.8. The van der Waals surface area contributed by atoms with Crippen LogP contribution in [0.2, 0.25) is 5.02 Å². The van der Waals surface area contributed by atoms with E-state index < -0.39 is 0 Å². The molecule has 2 heterocycles. The minimum atomic E-state index is -0.242. The van der Waals surface area contributed by atoms with E-state index in [9.17, 15) is 14.4 Å². The van der Waals surface area contributed by atoms with E-state index in [2.05, 4.69) is 4.98 Å². The third kappa shape index (κ3) is 3.94. The number of hydrogen-bond acceptors (Lipinski definition) is 5. The molecule has 8 heteroatoms. The van der Waals surface area contributed by atoms with Gasteiger partial charge in [0.05, 0.1) is 16.7 Å². The molecule has 1 aromatic heterocycles. The SMILES string of the molecule is CC(C)Cn1c(SCC(=O)N2CCCC2=O)nc2cc(Cl)ccc2c1=O. The van der Waals surface area contributed by atoms with Crippen LogP contribution in [-0.2, 0) is 16.1 Å². The summed E-state index contributed by atoms with van der Waals surface area (Å²) in [6.45, 7) is 5.00. The van der Waals surface area contributed by atoms with Crippen LogP contribution in [0.5, 0.6) is 0 Å². The molecule has 1 fully saturated rings. The van der Waals surface area contributed by atoms with Gasteiger partial charge in [0.2, 0.25) is 11.8 Å². The first-order valence-electron chi connectivity index (χ1n) is 8.53. The molecule has 0 aliphatic carbocycles. The summed E-state index contributed by atoms with van der Waals surface area (Å²) in [5.74, 6) is -0.0561. The maximum absolute atomic E-state index is 12.9. The molecule has 0 spiro atoms. The highest BCUT2D eigenvalue weighted by Gasteiger charge is 2.26. The molecule has 1 aromatic carbocycles. The second-order valence-corrected chi connectivity index (χ2v) is 8.08. The van der Waals surface area contributed by atoms with Crippen LogP contribution < -0.4 is 5.56 Å². The van der Waals surface area contributed by atoms with Gasteiger partial charge in [-0.25, -0.2) is 4.98 Å². The van der Waals surface area contributed by atoms with Gasteiger partial charge < -0.3 is 0 Å². The summed E-state index contributed by atoms with van der Waals surface area (Å²) in [5.41, 5.74) is 0.363. The van der Waals surface area contributed by atoms with E-state index in [1.807, 2.05) is 13.8 Å². The molecule has 6 nitrogen and oxygen atoms in total. The summed E-state index contributed by atoms with van der Waals surface area (Å²) in [7, 11) is 0. The average molecular weight is 394 g/mol. The molecule has 0 radical (unpaired) electrons. The smallest absolute Gasteiger partial charge is 0.262 e. The van der Waals surface area contributed by atoms with E-state index in [1.165, 1.54) is 16.7 Å². The molecule has 1 aliphatic rings. The molecular formula is C18H20ClN3O3S. The van der Waals surface area contributed by atoms with Gasteiger partial charge in [0.25, 0.3) is 5.56 Å². The molecule has 2 amide bonds. The summed E-state index contributed by atoms with van der Waals surface area (Å²) in [6, 6.07) is 4.99. The Morgan fingerprint density at radius 2 is 2.12 bits per heavy atom. The quantitative estimate of drug-likeness (QED) is 0.576. The van der Waals surface area contributed by atoms with Gasteiger partial charge in [0.1, 0.15) is 0 Å². The van der Waals surface area contributed by atoms with Gasteiger partial charge in [-0.2, -0.15) is 0 Å². The topological polar surface area (TPSA) is 72.3 Å². The number of amides is 2. The zero-order valence-corrected chi connectivity index (χ0v) is 16.3. The van der Waals surface area contributed by atoms with Gasteiger partial charge in [-0.1, -0.05) is 37.2 Å². The van der Waals surface area contributed by atoms with Gasteiger partial charge in [0, 0.05) is 24.5 Å². The lowest BCUT2D eigenvalue weighted by Gasteiger charge is -2.16. The predicted octanol–water partition coefficient (Wildman–Crippen LogP) is 2.95. The second kappa shape index (κ2) is 7.80. The predicted molar refractivity (Wildman–Crippen MR) is 103 cm³/mol. The molecule has 2 aromatic rings. The van der Waals surface area contributed by atoms with Crippen molar-refractivity contribution in [1.82, 2.24) is 14.5 Å². The van der Waals surface area contributed by atoms with E-state index in [0.29, 0.717) is 47.0 Å². The van der Waals surface area contributed by atoms with Crippen LogP contribution >= 0.6 is 23.4 Å². The van der Waals surface area contributed by atoms with Gasteiger partial charge in [0.15, 0.2) is 5.16 Å². The fourth-order valence-corrected chi connectivity index (χ4v) is 3.98. The fraction of sp³-hybridized carbons (Fsp3) is 0.444. The normalized spacial score (nSPS) is 14.6. The van der Waals surface area contributed by atoms with Crippen molar-refractivity contribution in [3.8, 4) is 0 Å². The first kappa shape index (κ1) is 18.9. The number of halogens is 1. The summed E-state index contributed by atoms with van der Waals surface area (Å²) in [5, 5.41) is 1.47. The van der Waals surface area contributed by atoms with E-state index in [4.69, 9.17) is 11.6 Å². The largest absolute Gasteiger partial charge is 0.287 e. The number of carbonyl (C=O) groups excluding carboxylic acids is 2. The van der Waals surface area contributed by atoms with E-state index >= 15 is 0 Å². The van der Waals surface area contributed by atoms with E-state index in [1.54, 1.807) is 22.8 Å². The van der Waals surface area contributed by atoms with Crippen LogP contribution in [0.25, 0.3) is 10.9 Å². The molecule has 26 heavy (non-hydrogen) atoms. The minimum absolute atomic E-state index is 0.0718. The third-order valence-electron chi connectivity index (χ3n) is 4.13. The van der Waals surface area contributed by atoms with Crippen molar-refractivity contribution in [3.05, 3.63) is 33.6 Å². The number of aromatic nitrogens is 2. The highest BCUT2D eigenvalue weighted by molar-refractivity contribution is 7.99. The third-order valence-corrected chi connectivity index (χ3v) is 5.33. The summed E-state index contributed by atoms with van der Waals surface area (Å²) >= 11 is 7.21. The van der Waals surface area contributed by atoms with Crippen molar-refractivity contribution in [2.75, 3.05) is 12.3 Å². The monoisotopic (exact) mass is 393 g/mol. The maximum Gasteiger partial charge on any atom is 0.262 e. The van der Waals surface area contributed by atoms with Crippen molar-refractivity contribution in [2.45, 2.75) is 38.4 Å². The van der Waals surface area contributed by atoms with Crippen molar-refractivity contribution in [3.63, 3.8) is 0 Å². The number of benzene rings is 1. The molecule has 1 saturated heterocycles. The molecule has 138 valence electrons. The molecule has 1 aliphatic heterocycles. The van der Waals surface area contributed by atoms with Crippen LogP contribution in [-0.4, -0.2) is 38.6 Å². The molecule has 0 bridgehead atoms. The zero-order valence-electron chi connectivity index (χ0n) is 14.7. The van der Waals surface area contributed by atoms with Gasteiger partial charge >= 0.3 is 0 Å². The van der Waals surface area contributed by atoms with Crippen LogP contribution in [0.15, 0.2) is 28.2 Å². The van der Waals surface area contributed by atoms with Crippen molar-refractivity contribution >= 4 is 46.1 Å². The van der Waals surface area contributed by atoms with Crippen LogP contribution in [0, 0.1) is 5.92 Å². The van der Waals surface area contributed by atoms with Crippen LogP contribution in [0.4, 0.5) is 0 Å². The lowest BCUT2D eigenvalue weighted by atomic mass is 10.2. The number of likely N-dealkylation sites (tertiary alicyclic amines) is 1. The maximum atomic E-state index is 12.9. The Labute approximate surface area is 160 Å². The molecule has 0 N–H and O–H groups in total. The van der Waals surface area contributed by atoms with E-state index in [-0.39, 0.29) is 29.0 Å². The average Bonchev–Trinajstić information content (AvgIpc) is 3.01. The fourth-order valence-electron chi connectivity index (χ4n) is 2.93. The Kier molecular flexibility index (Phi) is 5.67. The molecule has 0 atom stereocenters. The highest BCUT2D eigenvalue weighted by Crippen LogP contribution is 2.22. The number of imide groups is 1. The van der Waals surface area contributed by atoms with Crippen LogP contribution in [0.3, 0.4) is 0 Å². The number of rotatable bonds is 5. The van der Waals surface area contributed by atoms with Crippen LogP contribution in [0.1, 0.15) is 26.7 Å². The summed E-state index contributed by atoms with van der Waals surface area (Å²) < 4.78 is 1.60. The van der Waals surface area contributed by atoms with Crippen molar-refractivity contribution in [2.24, 2.45) is 5.92 Å². The van der Waals surface area contributed by atoms with E-state index in [0.717, 1.165) is 0 Å². The summed E-state index contributed by atoms with van der Waals surface area (Å²) in [6.07, 6.45) is 1.13. The Hall–Kier alpha value is -1.86.